The number of hydrogen-bond donors (Lipinski definition) is 2. The van der Waals surface area contributed by atoms with Gasteiger partial charge in [-0.2, -0.15) is 0 Å². The molecule has 1 aromatic rings. The van der Waals surface area contributed by atoms with Gasteiger partial charge in [-0.3, -0.25) is 10.1 Å². The minimum atomic E-state index is -0.594. The molecule has 0 aliphatic heterocycles. The van der Waals surface area contributed by atoms with Gasteiger partial charge >= 0.3 is 6.03 Å². The van der Waals surface area contributed by atoms with Crippen molar-refractivity contribution in [3.8, 4) is 5.75 Å². The molecular formula is C12H12BrClN2O3. The Hall–Kier alpha value is -1.53. The molecule has 1 rings (SSSR count). The van der Waals surface area contributed by atoms with Gasteiger partial charge in [0.2, 0.25) is 0 Å². The normalized spacial score (nSPS) is 9.58. The van der Waals surface area contributed by atoms with E-state index >= 15 is 0 Å². The molecule has 0 unspecified atom stereocenters. The number of benzene rings is 1. The molecule has 7 heteroatoms. The van der Waals surface area contributed by atoms with Gasteiger partial charge in [0, 0.05) is 11.6 Å². The number of ether oxygens (including phenoxy) is 1. The summed E-state index contributed by atoms with van der Waals surface area (Å²) in [7, 11) is 0. The Morgan fingerprint density at radius 3 is 2.84 bits per heavy atom. The summed E-state index contributed by atoms with van der Waals surface area (Å²) in [6.45, 7) is 3.44. The number of rotatable bonds is 5. The SMILES string of the molecule is C=CCNC(=O)NC(=O)COc1ccc(Cl)cc1Br. The molecule has 1 aromatic carbocycles. The lowest BCUT2D eigenvalue weighted by atomic mass is 10.3. The smallest absolute Gasteiger partial charge is 0.321 e. The van der Waals surface area contributed by atoms with Crippen LogP contribution in [-0.4, -0.2) is 25.1 Å². The zero-order chi connectivity index (χ0) is 14.3. The molecule has 0 saturated carbocycles. The molecular weight excluding hydrogens is 336 g/mol. The van der Waals surface area contributed by atoms with Crippen LogP contribution in [0.25, 0.3) is 0 Å². The first-order valence-corrected chi connectivity index (χ1v) is 6.46. The van der Waals surface area contributed by atoms with Gasteiger partial charge in [-0.25, -0.2) is 4.79 Å². The number of urea groups is 1. The lowest BCUT2D eigenvalue weighted by Gasteiger charge is -2.08. The average molecular weight is 348 g/mol. The van der Waals surface area contributed by atoms with Crippen molar-refractivity contribution in [2.24, 2.45) is 0 Å². The molecule has 0 spiro atoms. The van der Waals surface area contributed by atoms with E-state index in [0.29, 0.717) is 15.2 Å². The summed E-state index contributed by atoms with van der Waals surface area (Å²) in [4.78, 5) is 22.6. The maximum absolute atomic E-state index is 11.4. The molecule has 3 amide bonds. The second-order valence-corrected chi connectivity index (χ2v) is 4.70. The number of nitrogens with one attached hydrogen (secondary N) is 2. The van der Waals surface area contributed by atoms with Crippen molar-refractivity contribution in [1.82, 2.24) is 10.6 Å². The third-order valence-electron chi connectivity index (χ3n) is 1.91. The first-order chi connectivity index (χ1) is 9.02. The molecule has 5 nitrogen and oxygen atoms in total. The van der Waals surface area contributed by atoms with Crippen LogP contribution in [-0.2, 0) is 4.79 Å². The molecule has 0 atom stereocenters. The summed E-state index contributed by atoms with van der Waals surface area (Å²) in [6, 6.07) is 4.31. The van der Waals surface area contributed by atoms with Crippen molar-refractivity contribution in [2.75, 3.05) is 13.2 Å². The quantitative estimate of drug-likeness (QED) is 0.804. The monoisotopic (exact) mass is 346 g/mol. The minimum absolute atomic E-state index is 0.276. The van der Waals surface area contributed by atoms with Crippen LogP contribution in [0.15, 0.2) is 35.3 Å². The maximum Gasteiger partial charge on any atom is 0.321 e. The van der Waals surface area contributed by atoms with Crippen LogP contribution in [0.2, 0.25) is 5.02 Å². The summed E-state index contributed by atoms with van der Waals surface area (Å²) in [5.41, 5.74) is 0. The Morgan fingerprint density at radius 2 is 2.21 bits per heavy atom. The number of halogens is 2. The zero-order valence-corrected chi connectivity index (χ0v) is 12.3. The highest BCUT2D eigenvalue weighted by molar-refractivity contribution is 9.10. The van der Waals surface area contributed by atoms with Crippen molar-refractivity contribution in [3.05, 3.63) is 40.3 Å². The van der Waals surface area contributed by atoms with Crippen LogP contribution in [0, 0.1) is 0 Å². The molecule has 0 aromatic heterocycles. The molecule has 0 aliphatic carbocycles. The van der Waals surface area contributed by atoms with Crippen molar-refractivity contribution >= 4 is 39.5 Å². The number of carbonyl (C=O) groups excluding carboxylic acids is 2. The lowest BCUT2D eigenvalue weighted by Crippen LogP contribution is -2.41. The zero-order valence-electron chi connectivity index (χ0n) is 9.91. The molecule has 19 heavy (non-hydrogen) atoms. The van der Waals surface area contributed by atoms with Gasteiger partial charge in [0.15, 0.2) is 6.61 Å². The first-order valence-electron chi connectivity index (χ1n) is 5.29. The fourth-order valence-electron chi connectivity index (χ4n) is 1.11. The molecule has 0 aliphatic rings. The Balaban J connectivity index is 2.41. The molecule has 0 bridgehead atoms. The molecule has 0 fully saturated rings. The van der Waals surface area contributed by atoms with Crippen molar-refractivity contribution in [2.45, 2.75) is 0 Å². The predicted molar refractivity (Wildman–Crippen MR) is 76.4 cm³/mol. The maximum atomic E-state index is 11.4. The number of carbonyl (C=O) groups is 2. The number of hydrogen-bond acceptors (Lipinski definition) is 3. The van der Waals surface area contributed by atoms with Gasteiger partial charge in [0.25, 0.3) is 5.91 Å². The van der Waals surface area contributed by atoms with E-state index in [9.17, 15) is 9.59 Å². The van der Waals surface area contributed by atoms with Gasteiger partial charge in [0.05, 0.1) is 4.47 Å². The average Bonchev–Trinajstić information content (AvgIpc) is 2.35. The van der Waals surface area contributed by atoms with E-state index in [2.05, 4.69) is 33.1 Å². The van der Waals surface area contributed by atoms with Crippen LogP contribution in [0.3, 0.4) is 0 Å². The Kier molecular flexibility index (Phi) is 6.38. The fourth-order valence-corrected chi connectivity index (χ4v) is 1.90. The minimum Gasteiger partial charge on any atom is -0.483 e. The van der Waals surface area contributed by atoms with Gasteiger partial charge in [-0.05, 0) is 34.1 Å². The van der Waals surface area contributed by atoms with E-state index in [1.54, 1.807) is 18.2 Å². The third kappa shape index (κ3) is 5.76. The summed E-state index contributed by atoms with van der Waals surface area (Å²) >= 11 is 9.02. The highest BCUT2D eigenvalue weighted by Gasteiger charge is 2.09. The van der Waals surface area contributed by atoms with Crippen molar-refractivity contribution in [1.29, 1.82) is 0 Å². The Bertz CT molecular complexity index is 494. The van der Waals surface area contributed by atoms with E-state index in [-0.39, 0.29) is 13.2 Å². The summed E-state index contributed by atoms with van der Waals surface area (Å²) in [6.07, 6.45) is 1.51. The van der Waals surface area contributed by atoms with Crippen LogP contribution >= 0.6 is 27.5 Å². The van der Waals surface area contributed by atoms with Gasteiger partial charge in [0.1, 0.15) is 5.75 Å². The molecule has 102 valence electrons. The Morgan fingerprint density at radius 1 is 1.47 bits per heavy atom. The summed E-state index contributed by atoms with van der Waals surface area (Å²) in [5, 5.41) is 5.07. The fraction of sp³-hybridized carbons (Fsp3) is 0.167. The van der Waals surface area contributed by atoms with Gasteiger partial charge in [-0.15, -0.1) is 6.58 Å². The molecule has 0 heterocycles. The highest BCUT2D eigenvalue weighted by Crippen LogP contribution is 2.27. The lowest BCUT2D eigenvalue weighted by molar-refractivity contribution is -0.122. The van der Waals surface area contributed by atoms with E-state index in [0.717, 1.165) is 0 Å². The summed E-state index contributed by atoms with van der Waals surface area (Å²) in [5.74, 6) is -0.0885. The van der Waals surface area contributed by atoms with Crippen molar-refractivity contribution < 1.29 is 14.3 Å². The predicted octanol–water partition coefficient (Wildman–Crippen LogP) is 2.49. The standard InChI is InChI=1S/C12H12BrClN2O3/c1-2-5-15-12(18)16-11(17)7-19-10-4-3-8(14)6-9(10)13/h2-4,6H,1,5,7H2,(H2,15,16,17,18). The van der Waals surface area contributed by atoms with Crippen molar-refractivity contribution in [3.63, 3.8) is 0 Å². The van der Waals surface area contributed by atoms with Gasteiger partial charge in [-0.1, -0.05) is 17.7 Å². The van der Waals surface area contributed by atoms with E-state index in [1.165, 1.54) is 6.08 Å². The van der Waals surface area contributed by atoms with Crippen LogP contribution in [0.5, 0.6) is 5.75 Å². The second kappa shape index (κ2) is 7.81. The van der Waals surface area contributed by atoms with Crippen LogP contribution in [0.4, 0.5) is 4.79 Å². The van der Waals surface area contributed by atoms with Crippen LogP contribution < -0.4 is 15.4 Å². The largest absolute Gasteiger partial charge is 0.483 e. The molecule has 0 radical (unpaired) electrons. The third-order valence-corrected chi connectivity index (χ3v) is 2.77. The topological polar surface area (TPSA) is 67.4 Å². The number of imide groups is 1. The molecule has 2 N–H and O–H groups in total. The second-order valence-electron chi connectivity index (χ2n) is 3.41. The van der Waals surface area contributed by atoms with E-state index in [4.69, 9.17) is 16.3 Å². The van der Waals surface area contributed by atoms with Gasteiger partial charge < -0.3 is 10.1 Å². The number of amides is 3. The molecule has 0 saturated heterocycles. The van der Waals surface area contributed by atoms with Crippen LogP contribution in [0.1, 0.15) is 0 Å². The first kappa shape index (κ1) is 15.5. The highest BCUT2D eigenvalue weighted by atomic mass is 79.9. The summed E-state index contributed by atoms with van der Waals surface area (Å²) < 4.78 is 5.87. The Labute approximate surface area is 124 Å². The van der Waals surface area contributed by atoms with E-state index in [1.807, 2.05) is 0 Å². The van der Waals surface area contributed by atoms with E-state index < -0.39 is 11.9 Å².